The Kier molecular flexibility index (Phi) is 4.21. The summed E-state index contributed by atoms with van der Waals surface area (Å²) in [5.74, 6) is 0.532. The van der Waals surface area contributed by atoms with Crippen molar-refractivity contribution in [2.45, 2.75) is 56.1 Å². The van der Waals surface area contributed by atoms with Crippen LogP contribution in [-0.2, 0) is 15.1 Å². The first-order valence-corrected chi connectivity index (χ1v) is 8.60. The van der Waals surface area contributed by atoms with Crippen LogP contribution in [0.25, 0.3) is 0 Å². The molecule has 0 radical (unpaired) electrons. The van der Waals surface area contributed by atoms with Gasteiger partial charge in [-0.25, -0.2) is 0 Å². The molecular weight excluding hydrogens is 346 g/mol. The Balaban J connectivity index is 2.02. The van der Waals surface area contributed by atoms with Crippen molar-refractivity contribution in [1.82, 2.24) is 0 Å². The van der Waals surface area contributed by atoms with Crippen molar-refractivity contribution in [3.63, 3.8) is 0 Å². The van der Waals surface area contributed by atoms with Gasteiger partial charge in [-0.1, -0.05) is 22.4 Å². The van der Waals surface area contributed by atoms with Gasteiger partial charge in [0.05, 0.1) is 19.1 Å². The van der Waals surface area contributed by atoms with E-state index in [2.05, 4.69) is 15.9 Å². The summed E-state index contributed by atoms with van der Waals surface area (Å²) in [5, 5.41) is 0. The topological polar surface area (TPSA) is 61.5 Å². The monoisotopic (exact) mass is 367 g/mol. The fourth-order valence-electron chi connectivity index (χ4n) is 3.88. The molecule has 1 unspecified atom stereocenters. The average Bonchev–Trinajstić information content (AvgIpc) is 2.48. The van der Waals surface area contributed by atoms with Gasteiger partial charge < -0.3 is 15.2 Å². The van der Waals surface area contributed by atoms with Crippen molar-refractivity contribution in [2.24, 2.45) is 5.73 Å². The van der Waals surface area contributed by atoms with E-state index >= 15 is 0 Å². The molecule has 120 valence electrons. The van der Waals surface area contributed by atoms with E-state index in [0.29, 0.717) is 6.42 Å². The highest BCUT2D eigenvalue weighted by Gasteiger charge is 2.49. The molecule has 1 saturated carbocycles. The fraction of sp³-hybridized carbons (Fsp3) is 0.588. The molecule has 1 aromatic carbocycles. The Morgan fingerprint density at radius 2 is 2.09 bits per heavy atom. The number of halogens is 1. The average molecular weight is 368 g/mol. The number of esters is 1. The number of rotatable bonds is 2. The minimum absolute atomic E-state index is 0.179. The van der Waals surface area contributed by atoms with Crippen LogP contribution in [0.5, 0.6) is 5.75 Å². The molecule has 1 atom stereocenters. The molecule has 0 saturated heterocycles. The smallest absolute Gasteiger partial charge is 0.307 e. The third-order valence-electron chi connectivity index (χ3n) is 4.89. The standard InChI is InChI=1S/C17H22BrNO3/c1-21-15(20)10-17(19)11-16(7-3-2-4-8-16)22-14-6-5-12(18)9-13(14)17/h5-6,9H,2-4,7-8,10-11,19H2,1H3. The molecule has 2 N–H and O–H groups in total. The van der Waals surface area contributed by atoms with Gasteiger partial charge in [0.15, 0.2) is 0 Å². The predicted molar refractivity (Wildman–Crippen MR) is 87.7 cm³/mol. The fourth-order valence-corrected chi connectivity index (χ4v) is 4.24. The summed E-state index contributed by atoms with van der Waals surface area (Å²) < 4.78 is 12.2. The molecule has 1 aromatic rings. The van der Waals surface area contributed by atoms with Gasteiger partial charge in [0.1, 0.15) is 11.4 Å². The lowest BCUT2D eigenvalue weighted by atomic mass is 9.70. The number of hydrogen-bond donors (Lipinski definition) is 1. The molecule has 0 aromatic heterocycles. The number of fused-ring (bicyclic) bond motifs is 1. The number of carbonyl (C=O) groups excluding carboxylic acids is 1. The van der Waals surface area contributed by atoms with Gasteiger partial charge >= 0.3 is 5.97 Å². The van der Waals surface area contributed by atoms with Crippen LogP contribution in [0.2, 0.25) is 0 Å². The second kappa shape index (κ2) is 5.85. The van der Waals surface area contributed by atoms with Crippen LogP contribution >= 0.6 is 15.9 Å². The molecule has 5 heteroatoms. The van der Waals surface area contributed by atoms with Crippen molar-refractivity contribution in [2.75, 3.05) is 7.11 Å². The number of benzene rings is 1. The molecule has 1 fully saturated rings. The number of hydrogen-bond acceptors (Lipinski definition) is 4. The second-order valence-corrected chi connectivity index (χ2v) is 7.49. The Morgan fingerprint density at radius 3 is 2.77 bits per heavy atom. The summed E-state index contributed by atoms with van der Waals surface area (Å²) in [4.78, 5) is 11.9. The molecule has 1 spiro atoms. The van der Waals surface area contributed by atoms with Gasteiger partial charge in [-0.3, -0.25) is 4.79 Å². The Hall–Kier alpha value is -1.07. The van der Waals surface area contributed by atoms with Gasteiger partial charge in [0, 0.05) is 16.5 Å². The van der Waals surface area contributed by atoms with Crippen molar-refractivity contribution < 1.29 is 14.3 Å². The Labute approximate surface area is 139 Å². The third kappa shape index (κ3) is 2.88. The van der Waals surface area contributed by atoms with Gasteiger partial charge in [-0.15, -0.1) is 0 Å². The Bertz CT molecular complexity index is 583. The third-order valence-corrected chi connectivity index (χ3v) is 5.39. The maximum absolute atomic E-state index is 11.9. The highest BCUT2D eigenvalue weighted by Crippen LogP contribution is 2.49. The van der Waals surface area contributed by atoms with Gasteiger partial charge in [0.25, 0.3) is 0 Å². The zero-order chi connectivity index (χ0) is 15.8. The largest absolute Gasteiger partial charge is 0.487 e. The van der Waals surface area contributed by atoms with Crippen LogP contribution in [0.15, 0.2) is 22.7 Å². The SMILES string of the molecule is COC(=O)CC1(N)CC2(CCCCC2)Oc2ccc(Br)cc21. The minimum Gasteiger partial charge on any atom is -0.487 e. The molecule has 1 aliphatic carbocycles. The van der Waals surface area contributed by atoms with Crippen molar-refractivity contribution in [3.05, 3.63) is 28.2 Å². The Morgan fingerprint density at radius 1 is 1.36 bits per heavy atom. The summed E-state index contributed by atoms with van der Waals surface area (Å²) in [7, 11) is 1.41. The highest BCUT2D eigenvalue weighted by atomic mass is 79.9. The summed E-state index contributed by atoms with van der Waals surface area (Å²) in [6.45, 7) is 0. The van der Waals surface area contributed by atoms with E-state index in [1.165, 1.54) is 13.5 Å². The molecule has 3 rings (SSSR count). The number of methoxy groups -OCH3 is 1. The van der Waals surface area contributed by atoms with E-state index in [1.807, 2.05) is 18.2 Å². The van der Waals surface area contributed by atoms with E-state index < -0.39 is 5.54 Å². The van der Waals surface area contributed by atoms with Gasteiger partial charge in [0.2, 0.25) is 0 Å². The second-order valence-electron chi connectivity index (χ2n) is 6.57. The maximum Gasteiger partial charge on any atom is 0.307 e. The van der Waals surface area contributed by atoms with Crippen LogP contribution in [0.1, 0.15) is 50.5 Å². The molecule has 0 bridgehead atoms. The number of carbonyl (C=O) groups is 1. The van der Waals surface area contributed by atoms with Crippen molar-refractivity contribution in [3.8, 4) is 5.75 Å². The van der Waals surface area contributed by atoms with Crippen molar-refractivity contribution >= 4 is 21.9 Å². The maximum atomic E-state index is 11.9. The van der Waals surface area contributed by atoms with E-state index in [1.54, 1.807) is 0 Å². The van der Waals surface area contributed by atoms with Crippen LogP contribution < -0.4 is 10.5 Å². The molecular formula is C17H22BrNO3. The first-order chi connectivity index (χ1) is 10.5. The quantitative estimate of drug-likeness (QED) is 0.810. The summed E-state index contributed by atoms with van der Waals surface area (Å²) in [5.41, 5.74) is 6.64. The molecule has 4 nitrogen and oxygen atoms in total. The van der Waals surface area contributed by atoms with E-state index in [9.17, 15) is 4.79 Å². The van der Waals surface area contributed by atoms with Gasteiger partial charge in [-0.05, 0) is 43.9 Å². The van der Waals surface area contributed by atoms with Gasteiger partial charge in [-0.2, -0.15) is 0 Å². The lowest BCUT2D eigenvalue weighted by Gasteiger charge is -2.48. The van der Waals surface area contributed by atoms with Crippen molar-refractivity contribution in [1.29, 1.82) is 0 Å². The molecule has 1 aliphatic heterocycles. The molecule has 1 heterocycles. The molecule has 22 heavy (non-hydrogen) atoms. The van der Waals surface area contributed by atoms with Crippen LogP contribution in [0.3, 0.4) is 0 Å². The van der Waals surface area contributed by atoms with Crippen LogP contribution in [0, 0.1) is 0 Å². The lowest BCUT2D eigenvalue weighted by molar-refractivity contribution is -0.143. The minimum atomic E-state index is -0.734. The zero-order valence-electron chi connectivity index (χ0n) is 12.9. The van der Waals surface area contributed by atoms with E-state index in [0.717, 1.165) is 41.5 Å². The molecule has 0 amide bonds. The van der Waals surface area contributed by atoms with E-state index in [4.69, 9.17) is 15.2 Å². The summed E-state index contributed by atoms with van der Waals surface area (Å²) in [6.07, 6.45) is 6.40. The number of nitrogens with two attached hydrogens (primary N) is 1. The summed E-state index contributed by atoms with van der Waals surface area (Å²) in [6, 6.07) is 5.88. The predicted octanol–water partition coefficient (Wildman–Crippen LogP) is 3.65. The van der Waals surface area contributed by atoms with E-state index in [-0.39, 0.29) is 18.0 Å². The van der Waals surface area contributed by atoms with Crippen LogP contribution in [-0.4, -0.2) is 18.7 Å². The summed E-state index contributed by atoms with van der Waals surface area (Å²) >= 11 is 3.49. The molecule has 2 aliphatic rings. The normalized spacial score (nSPS) is 26.1. The zero-order valence-corrected chi connectivity index (χ0v) is 14.4. The first-order valence-electron chi connectivity index (χ1n) is 7.81. The lowest BCUT2D eigenvalue weighted by Crippen LogP contribution is -2.54. The van der Waals surface area contributed by atoms with Crippen LogP contribution in [0.4, 0.5) is 0 Å². The highest BCUT2D eigenvalue weighted by molar-refractivity contribution is 9.10. The number of ether oxygens (including phenoxy) is 2. The first kappa shape index (κ1) is 15.8.